The molecule has 1 aromatic carbocycles. The first-order valence-electron chi connectivity index (χ1n) is 5.81. The molecule has 0 radical (unpaired) electrons. The van der Waals surface area contributed by atoms with Gasteiger partial charge >= 0.3 is 0 Å². The first-order chi connectivity index (χ1) is 7.77. The van der Waals surface area contributed by atoms with Gasteiger partial charge in [0.25, 0.3) is 0 Å². The molecule has 2 aromatic rings. The fraction of sp³-hybridized carbons (Fsp3) is 0.357. The molecule has 82 valence electrons. The van der Waals surface area contributed by atoms with Crippen molar-refractivity contribution in [2.24, 2.45) is 0 Å². The van der Waals surface area contributed by atoms with E-state index in [2.05, 4.69) is 38.1 Å². The van der Waals surface area contributed by atoms with Crippen molar-refractivity contribution >= 4 is 10.8 Å². The second kappa shape index (κ2) is 3.48. The average molecular weight is 213 g/mol. The van der Waals surface area contributed by atoms with Gasteiger partial charge in [0.15, 0.2) is 0 Å². The summed E-state index contributed by atoms with van der Waals surface area (Å²) in [4.78, 5) is 4.76. The van der Waals surface area contributed by atoms with Crippen LogP contribution in [0.1, 0.15) is 31.2 Å². The van der Waals surface area contributed by atoms with Gasteiger partial charge in [0.05, 0.1) is 18.0 Å². The number of aromatic nitrogens is 1. The van der Waals surface area contributed by atoms with Gasteiger partial charge < -0.3 is 4.74 Å². The van der Waals surface area contributed by atoms with E-state index in [1.807, 2.05) is 0 Å². The average Bonchev–Trinajstić information content (AvgIpc) is 2.75. The molecule has 0 spiro atoms. The Hall–Kier alpha value is -1.57. The molecule has 0 bridgehead atoms. The third-order valence-electron chi connectivity index (χ3n) is 3.10. The number of hydrogen-bond donors (Lipinski definition) is 0. The van der Waals surface area contributed by atoms with Crippen molar-refractivity contribution in [2.45, 2.75) is 26.2 Å². The van der Waals surface area contributed by atoms with Crippen LogP contribution in [0.2, 0.25) is 0 Å². The van der Waals surface area contributed by atoms with Gasteiger partial charge in [0, 0.05) is 17.2 Å². The lowest BCUT2D eigenvalue weighted by molar-refractivity contribution is 0.360. The Morgan fingerprint density at radius 1 is 1.19 bits per heavy atom. The van der Waals surface area contributed by atoms with Gasteiger partial charge in [0.2, 0.25) is 0 Å². The molecular formula is C14H15NO. The number of hydrogen-bond acceptors (Lipinski definition) is 2. The highest BCUT2D eigenvalue weighted by Crippen LogP contribution is 2.36. The predicted molar refractivity (Wildman–Crippen MR) is 65.0 cm³/mol. The maximum atomic E-state index is 5.68. The number of pyridine rings is 1. The van der Waals surface area contributed by atoms with Crippen LogP contribution >= 0.6 is 0 Å². The normalized spacial score (nSPS) is 14.2. The summed E-state index contributed by atoms with van der Waals surface area (Å²) in [6, 6.07) is 8.40. The highest BCUT2D eigenvalue weighted by Gasteiger charge is 2.20. The highest BCUT2D eigenvalue weighted by molar-refractivity contribution is 5.91. The molecular weight excluding hydrogens is 198 g/mol. The molecule has 0 saturated carbocycles. The molecule has 0 atom stereocenters. The minimum absolute atomic E-state index is 0.454. The predicted octanol–water partition coefficient (Wildman–Crippen LogP) is 3.29. The third-order valence-corrected chi connectivity index (χ3v) is 3.10. The first-order valence-corrected chi connectivity index (χ1v) is 5.81. The largest absolute Gasteiger partial charge is 0.491 e. The van der Waals surface area contributed by atoms with E-state index in [9.17, 15) is 0 Å². The maximum Gasteiger partial charge on any atom is 0.148 e. The molecule has 0 unspecified atom stereocenters. The number of benzene rings is 1. The van der Waals surface area contributed by atoms with Gasteiger partial charge in [-0.1, -0.05) is 38.1 Å². The minimum atomic E-state index is 0.454. The molecule has 3 rings (SSSR count). The van der Waals surface area contributed by atoms with Crippen molar-refractivity contribution in [3.8, 4) is 5.75 Å². The van der Waals surface area contributed by atoms with Crippen LogP contribution < -0.4 is 4.74 Å². The Kier molecular flexibility index (Phi) is 2.10. The molecule has 0 N–H and O–H groups in total. The standard InChI is InChI=1S/C14H15NO/c1-9(2)13-10-5-3-4-6-11(10)14-12(15-13)7-8-16-14/h3-6,9H,7-8H2,1-2H3. The van der Waals surface area contributed by atoms with Gasteiger partial charge in [-0.15, -0.1) is 0 Å². The molecule has 0 aliphatic carbocycles. The molecule has 2 nitrogen and oxygen atoms in total. The van der Waals surface area contributed by atoms with E-state index in [4.69, 9.17) is 9.72 Å². The van der Waals surface area contributed by atoms with Crippen LogP contribution in [0.15, 0.2) is 24.3 Å². The fourth-order valence-corrected chi connectivity index (χ4v) is 2.34. The topological polar surface area (TPSA) is 22.1 Å². The molecule has 2 heterocycles. The quantitative estimate of drug-likeness (QED) is 0.725. The van der Waals surface area contributed by atoms with Gasteiger partial charge in [-0.3, -0.25) is 4.98 Å². The van der Waals surface area contributed by atoms with E-state index in [0.717, 1.165) is 24.5 Å². The summed E-state index contributed by atoms with van der Waals surface area (Å²) >= 11 is 0. The summed E-state index contributed by atoms with van der Waals surface area (Å²) in [5, 5.41) is 2.45. The summed E-state index contributed by atoms with van der Waals surface area (Å²) in [6.07, 6.45) is 0.944. The molecule has 1 aliphatic heterocycles. The van der Waals surface area contributed by atoms with Crippen molar-refractivity contribution < 1.29 is 4.74 Å². The van der Waals surface area contributed by atoms with E-state index in [-0.39, 0.29) is 0 Å². The lowest BCUT2D eigenvalue weighted by atomic mass is 10.0. The second-order valence-corrected chi connectivity index (χ2v) is 4.57. The number of nitrogens with zero attached hydrogens (tertiary/aromatic N) is 1. The Morgan fingerprint density at radius 2 is 1.94 bits per heavy atom. The summed E-state index contributed by atoms with van der Waals surface area (Å²) in [7, 11) is 0. The smallest absolute Gasteiger partial charge is 0.148 e. The lowest BCUT2D eigenvalue weighted by Gasteiger charge is -2.12. The van der Waals surface area contributed by atoms with Gasteiger partial charge in [-0.25, -0.2) is 0 Å². The summed E-state index contributed by atoms with van der Waals surface area (Å²) in [6.45, 7) is 5.15. The van der Waals surface area contributed by atoms with Crippen molar-refractivity contribution in [2.75, 3.05) is 6.61 Å². The highest BCUT2D eigenvalue weighted by atomic mass is 16.5. The zero-order chi connectivity index (χ0) is 11.1. The second-order valence-electron chi connectivity index (χ2n) is 4.57. The van der Waals surface area contributed by atoms with Crippen LogP contribution in [0.5, 0.6) is 5.75 Å². The molecule has 0 fully saturated rings. The Bertz CT molecular complexity index is 546. The number of fused-ring (bicyclic) bond motifs is 3. The van der Waals surface area contributed by atoms with Crippen LogP contribution in [-0.2, 0) is 6.42 Å². The van der Waals surface area contributed by atoms with E-state index >= 15 is 0 Å². The monoisotopic (exact) mass is 213 g/mol. The van der Waals surface area contributed by atoms with Crippen molar-refractivity contribution in [3.05, 3.63) is 35.7 Å². The van der Waals surface area contributed by atoms with Gasteiger partial charge in [-0.05, 0) is 5.92 Å². The molecule has 0 saturated heterocycles. The van der Waals surface area contributed by atoms with Crippen molar-refractivity contribution in [3.63, 3.8) is 0 Å². The van der Waals surface area contributed by atoms with Crippen LogP contribution in [0.4, 0.5) is 0 Å². The van der Waals surface area contributed by atoms with Gasteiger partial charge in [0.1, 0.15) is 5.75 Å². The Balaban J connectivity index is 2.40. The van der Waals surface area contributed by atoms with Crippen molar-refractivity contribution in [1.82, 2.24) is 4.98 Å². The molecule has 0 amide bonds. The maximum absolute atomic E-state index is 5.68. The first kappa shape index (κ1) is 9.64. The zero-order valence-corrected chi connectivity index (χ0v) is 9.66. The molecule has 2 heteroatoms. The Labute approximate surface area is 95.3 Å². The van der Waals surface area contributed by atoms with Crippen LogP contribution in [0.3, 0.4) is 0 Å². The fourth-order valence-electron chi connectivity index (χ4n) is 2.34. The number of ether oxygens (including phenoxy) is 1. The SMILES string of the molecule is CC(C)c1nc2c(c3ccccc13)OCC2. The van der Waals surface area contributed by atoms with Crippen LogP contribution in [-0.4, -0.2) is 11.6 Å². The molecule has 1 aromatic heterocycles. The van der Waals surface area contributed by atoms with Crippen LogP contribution in [0.25, 0.3) is 10.8 Å². The summed E-state index contributed by atoms with van der Waals surface area (Å²) < 4.78 is 5.68. The zero-order valence-electron chi connectivity index (χ0n) is 9.66. The summed E-state index contributed by atoms with van der Waals surface area (Å²) in [5.74, 6) is 1.45. The van der Waals surface area contributed by atoms with Crippen molar-refractivity contribution in [1.29, 1.82) is 0 Å². The van der Waals surface area contributed by atoms with E-state index in [1.54, 1.807) is 0 Å². The van der Waals surface area contributed by atoms with E-state index < -0.39 is 0 Å². The lowest BCUT2D eigenvalue weighted by Crippen LogP contribution is -1.97. The summed E-state index contributed by atoms with van der Waals surface area (Å²) in [5.41, 5.74) is 2.32. The number of rotatable bonds is 1. The third kappa shape index (κ3) is 1.29. The minimum Gasteiger partial charge on any atom is -0.491 e. The van der Waals surface area contributed by atoms with Crippen LogP contribution in [0, 0.1) is 0 Å². The van der Waals surface area contributed by atoms with Gasteiger partial charge in [-0.2, -0.15) is 0 Å². The molecule has 16 heavy (non-hydrogen) atoms. The Morgan fingerprint density at radius 3 is 2.69 bits per heavy atom. The molecule has 1 aliphatic rings. The van der Waals surface area contributed by atoms with E-state index in [1.165, 1.54) is 16.5 Å². The van der Waals surface area contributed by atoms with E-state index in [0.29, 0.717) is 5.92 Å².